The number of rotatable bonds is 0. The first-order valence-electron chi connectivity index (χ1n) is 8.12. The molecule has 2 aromatic rings. The fourth-order valence-electron chi connectivity index (χ4n) is 4.04. The van der Waals surface area contributed by atoms with Crippen molar-refractivity contribution in [2.75, 3.05) is 13.1 Å². The Morgan fingerprint density at radius 3 is 2.67 bits per heavy atom. The van der Waals surface area contributed by atoms with Crippen LogP contribution in [0.25, 0.3) is 11.3 Å². The molecule has 6 nitrogen and oxygen atoms in total. The van der Waals surface area contributed by atoms with Crippen LogP contribution in [0.3, 0.4) is 0 Å². The minimum Gasteiger partial charge on any atom is -0.317 e. The highest BCUT2D eigenvalue weighted by atomic mass is 79.9. The molecule has 2 N–H and O–H groups in total. The van der Waals surface area contributed by atoms with Crippen LogP contribution in [0.5, 0.6) is 0 Å². The fraction of sp³-hybridized carbons (Fsp3) is 0.412. The normalized spacial score (nSPS) is 17.5. The molecule has 0 bridgehead atoms. The molecule has 0 saturated carbocycles. The van der Waals surface area contributed by atoms with E-state index < -0.39 is 0 Å². The van der Waals surface area contributed by atoms with Crippen molar-refractivity contribution in [3.05, 3.63) is 50.5 Å². The van der Waals surface area contributed by atoms with E-state index in [1.807, 2.05) is 13.1 Å². The number of aryl methyl sites for hydroxylation is 2. The molecular weight excluding hydrogens is 370 g/mol. The van der Waals surface area contributed by atoms with Gasteiger partial charge in [0.2, 0.25) is 4.73 Å². The topological polar surface area (TPSA) is 67.6 Å². The summed E-state index contributed by atoms with van der Waals surface area (Å²) in [5.74, 6) is 0. The number of aromatic nitrogens is 4. The van der Waals surface area contributed by atoms with Crippen LogP contribution in [0.1, 0.15) is 24.0 Å². The van der Waals surface area contributed by atoms with Gasteiger partial charge in [-0.1, -0.05) is 24.3 Å². The van der Waals surface area contributed by atoms with Gasteiger partial charge < -0.3 is 5.32 Å². The molecule has 24 heavy (non-hydrogen) atoms. The zero-order valence-corrected chi connectivity index (χ0v) is 15.4. The number of nitrogens with zero attached hydrogens (tertiary/aromatic N) is 3. The second-order valence-corrected chi connectivity index (χ2v) is 7.21. The Balaban J connectivity index is 2.18. The number of hydrogen-bond acceptors (Lipinski definition) is 3. The van der Waals surface area contributed by atoms with Gasteiger partial charge in [0.05, 0.1) is 11.3 Å². The van der Waals surface area contributed by atoms with Crippen LogP contribution in [0.15, 0.2) is 33.8 Å². The van der Waals surface area contributed by atoms with Crippen LogP contribution in [-0.4, -0.2) is 32.7 Å². The third-order valence-corrected chi connectivity index (χ3v) is 5.88. The van der Waals surface area contributed by atoms with Crippen molar-refractivity contribution < 1.29 is 0 Å². The van der Waals surface area contributed by atoms with Crippen molar-refractivity contribution in [1.82, 2.24) is 24.9 Å². The first-order chi connectivity index (χ1) is 11.5. The van der Waals surface area contributed by atoms with Gasteiger partial charge in [0, 0.05) is 25.1 Å². The second kappa shape index (κ2) is 5.60. The summed E-state index contributed by atoms with van der Waals surface area (Å²) in [5.41, 5.74) is 3.82. The highest BCUT2D eigenvalue weighted by molar-refractivity contribution is 9.10. The second-order valence-electron chi connectivity index (χ2n) is 6.50. The van der Waals surface area contributed by atoms with Gasteiger partial charge in [0.1, 0.15) is 0 Å². The molecule has 0 radical (unpaired) electrons. The van der Waals surface area contributed by atoms with E-state index in [-0.39, 0.29) is 11.0 Å². The third-order valence-electron chi connectivity index (χ3n) is 5.19. The molecule has 1 aromatic carbocycles. The monoisotopic (exact) mass is 389 g/mol. The lowest BCUT2D eigenvalue weighted by atomic mass is 9.72. The quantitative estimate of drug-likeness (QED) is 0.723. The molecule has 2 heterocycles. The van der Waals surface area contributed by atoms with Crippen molar-refractivity contribution in [2.24, 2.45) is 14.1 Å². The summed E-state index contributed by atoms with van der Waals surface area (Å²) in [6, 6.07) is 8.35. The summed E-state index contributed by atoms with van der Waals surface area (Å²) in [4.78, 5) is 13.2. The number of piperidine rings is 1. The van der Waals surface area contributed by atoms with Crippen LogP contribution in [0.2, 0.25) is 0 Å². The average molecular weight is 390 g/mol. The number of hydrogen-bond donors (Lipinski definition) is 2. The predicted octanol–water partition coefficient (Wildman–Crippen LogP) is 1.98. The molecule has 126 valence electrons. The Kier molecular flexibility index (Phi) is 3.65. The molecule has 0 atom stereocenters. The molecule has 0 unspecified atom stereocenters. The zero-order chi connectivity index (χ0) is 16.9. The number of benzene rings is 1. The van der Waals surface area contributed by atoms with E-state index in [4.69, 9.17) is 0 Å². The highest BCUT2D eigenvalue weighted by Crippen LogP contribution is 2.50. The smallest absolute Gasteiger partial charge is 0.272 e. The Bertz CT molecular complexity index is 916. The molecule has 7 heteroatoms. The van der Waals surface area contributed by atoms with Gasteiger partial charge in [-0.05, 0) is 47.4 Å². The predicted molar refractivity (Wildman–Crippen MR) is 96.4 cm³/mol. The van der Waals surface area contributed by atoms with E-state index in [1.54, 1.807) is 11.7 Å². The zero-order valence-electron chi connectivity index (χ0n) is 13.8. The first kappa shape index (κ1) is 15.7. The van der Waals surface area contributed by atoms with Crippen LogP contribution < -0.4 is 10.9 Å². The maximum atomic E-state index is 13.2. The lowest BCUT2D eigenvalue weighted by Gasteiger charge is -2.35. The molecule has 0 amide bonds. The summed E-state index contributed by atoms with van der Waals surface area (Å²) in [5, 5.41) is 11.1. The van der Waals surface area contributed by atoms with Crippen LogP contribution in [0, 0.1) is 0 Å². The molecule has 1 saturated heterocycles. The lowest BCUT2D eigenvalue weighted by molar-refractivity contribution is 0.363. The van der Waals surface area contributed by atoms with Crippen LogP contribution >= 0.6 is 15.9 Å². The van der Waals surface area contributed by atoms with E-state index in [0.29, 0.717) is 4.73 Å². The number of fused-ring (bicyclic) bond motifs is 5. The van der Waals surface area contributed by atoms with Crippen molar-refractivity contribution in [2.45, 2.75) is 18.3 Å². The van der Waals surface area contributed by atoms with Crippen molar-refractivity contribution in [3.8, 4) is 11.3 Å². The molecular formula is C17H20BrN5O. The largest absolute Gasteiger partial charge is 0.317 e. The van der Waals surface area contributed by atoms with E-state index in [0.717, 1.165) is 42.8 Å². The Morgan fingerprint density at radius 1 is 1.21 bits per heavy atom. The Labute approximate surface area is 148 Å². The Hall–Kier alpha value is -1.86. The van der Waals surface area contributed by atoms with Crippen LogP contribution in [0.4, 0.5) is 0 Å². The summed E-state index contributed by atoms with van der Waals surface area (Å²) < 4.78 is 3.80. The SMILES string of the molecule is Cn1[nH]c2c(c(=O)n(C)nc1Br)C1(CCNCC1)c1ccccc1-2. The number of H-pyrrole nitrogens is 1. The van der Waals surface area contributed by atoms with E-state index in [2.05, 4.69) is 49.6 Å². The van der Waals surface area contributed by atoms with E-state index in [1.165, 1.54) is 10.2 Å². The van der Waals surface area contributed by atoms with Crippen molar-refractivity contribution in [3.63, 3.8) is 0 Å². The van der Waals surface area contributed by atoms with Gasteiger partial charge in [-0.25, -0.2) is 4.68 Å². The minimum absolute atomic E-state index is 0.0411. The Morgan fingerprint density at radius 2 is 1.92 bits per heavy atom. The minimum atomic E-state index is -0.240. The molecule has 1 aliphatic carbocycles. The van der Waals surface area contributed by atoms with E-state index >= 15 is 0 Å². The molecule has 1 fully saturated rings. The highest BCUT2D eigenvalue weighted by Gasteiger charge is 2.46. The maximum Gasteiger partial charge on any atom is 0.272 e. The van der Waals surface area contributed by atoms with Gasteiger partial charge in [-0.3, -0.25) is 14.6 Å². The average Bonchev–Trinajstić information content (AvgIpc) is 2.84. The van der Waals surface area contributed by atoms with Gasteiger partial charge in [-0.15, -0.1) is 5.10 Å². The standard InChI is InChI=1S/C17H20BrN5O/c1-22-15(24)13-14(20-23(2)16(18)21-22)11-5-3-4-6-12(11)17(13)7-9-19-10-8-17/h3-6,19-20H,7-10H2,1-2H3. The van der Waals surface area contributed by atoms with E-state index in [9.17, 15) is 4.79 Å². The summed E-state index contributed by atoms with van der Waals surface area (Å²) in [7, 11) is 3.60. The van der Waals surface area contributed by atoms with Gasteiger partial charge in [0.25, 0.3) is 5.56 Å². The summed E-state index contributed by atoms with van der Waals surface area (Å²) in [6.45, 7) is 1.82. The summed E-state index contributed by atoms with van der Waals surface area (Å²) >= 11 is 3.42. The van der Waals surface area contributed by atoms with Crippen molar-refractivity contribution in [1.29, 1.82) is 0 Å². The first-order valence-corrected chi connectivity index (χ1v) is 8.92. The molecule has 4 rings (SSSR count). The maximum absolute atomic E-state index is 13.2. The fourth-order valence-corrected chi connectivity index (χ4v) is 4.37. The third kappa shape index (κ3) is 2.11. The van der Waals surface area contributed by atoms with Gasteiger partial charge in [-0.2, -0.15) is 0 Å². The van der Waals surface area contributed by atoms with Gasteiger partial charge >= 0.3 is 0 Å². The molecule has 1 spiro atoms. The molecule has 1 aliphatic heterocycles. The molecule has 1 aromatic heterocycles. The number of aromatic amines is 1. The number of nitrogens with one attached hydrogen (secondary N) is 2. The van der Waals surface area contributed by atoms with Crippen LogP contribution in [-0.2, 0) is 19.5 Å². The van der Waals surface area contributed by atoms with Crippen molar-refractivity contribution >= 4 is 15.9 Å². The number of halogens is 1. The molecule has 2 aliphatic rings. The summed E-state index contributed by atoms with van der Waals surface area (Å²) in [6.07, 6.45) is 1.83. The lowest BCUT2D eigenvalue weighted by Crippen LogP contribution is -2.43. The van der Waals surface area contributed by atoms with Gasteiger partial charge in [0.15, 0.2) is 0 Å².